The Kier molecular flexibility index (Phi) is 5.49. The summed E-state index contributed by atoms with van der Waals surface area (Å²) >= 11 is 0. The minimum absolute atomic E-state index is 0.0195. The SMILES string of the molecule is CC1(P2(=O)Oc3ccccc3-c3ccccc32)C=CC2=C3C(C=C1)C(O)=CC3(P1(=O)Oc3ccccc3-c3ccccc31)C=C2O. The van der Waals surface area contributed by atoms with Crippen LogP contribution < -0.4 is 19.7 Å². The molecule has 6 nitrogen and oxygen atoms in total. The first-order valence-corrected chi connectivity index (χ1v) is 18.4. The molecule has 2 aliphatic heterocycles. The van der Waals surface area contributed by atoms with Crippen molar-refractivity contribution in [2.24, 2.45) is 5.92 Å². The van der Waals surface area contributed by atoms with Crippen LogP contribution >= 0.6 is 14.7 Å². The van der Waals surface area contributed by atoms with E-state index >= 15 is 9.13 Å². The molecule has 2 N–H and O–H groups in total. The summed E-state index contributed by atoms with van der Waals surface area (Å²) in [6.45, 7) is 1.84. The molecular formula is C38H28O6P2. The zero-order valence-electron chi connectivity index (χ0n) is 24.7. The standard InChI is InChI=1S/C38H28O6P2/c1-37(45(41)34-16-8-4-12-26(34)24-10-2-6-14-32(24)43-45)20-18-28-30(39)22-38(23-31(40)29(19-21-37)36(28)38)46(42)35-17-9-5-13-27(35)25-11-3-7-15-33(25)44-46/h2-23,28,39-40H,1H3. The summed E-state index contributed by atoms with van der Waals surface area (Å²) in [5.41, 5.74) is 4.30. The van der Waals surface area contributed by atoms with E-state index in [0.29, 0.717) is 33.3 Å². The Bertz CT molecular complexity index is 2290. The zero-order chi connectivity index (χ0) is 31.5. The van der Waals surface area contributed by atoms with Gasteiger partial charge in [0.1, 0.15) is 28.2 Å². The lowest BCUT2D eigenvalue weighted by atomic mass is 9.89. The average Bonchev–Trinajstić information content (AvgIpc) is 3.50. The molecule has 0 amide bonds. The van der Waals surface area contributed by atoms with E-state index in [-0.39, 0.29) is 11.5 Å². The Morgan fingerprint density at radius 1 is 0.652 bits per heavy atom. The van der Waals surface area contributed by atoms with E-state index in [0.717, 1.165) is 22.3 Å². The van der Waals surface area contributed by atoms with Crippen LogP contribution in [0, 0.1) is 5.92 Å². The van der Waals surface area contributed by atoms with Crippen LogP contribution in [0.25, 0.3) is 22.3 Å². The van der Waals surface area contributed by atoms with Gasteiger partial charge in [-0.2, -0.15) is 0 Å². The Morgan fingerprint density at radius 2 is 1.17 bits per heavy atom. The lowest BCUT2D eigenvalue weighted by Gasteiger charge is -2.39. The van der Waals surface area contributed by atoms with Crippen LogP contribution in [0.2, 0.25) is 0 Å². The van der Waals surface area contributed by atoms with Crippen LogP contribution in [0.5, 0.6) is 11.5 Å². The fourth-order valence-corrected chi connectivity index (χ4v) is 13.3. The fourth-order valence-electron chi connectivity index (χ4n) is 7.67. The molecule has 46 heavy (non-hydrogen) atoms. The molecule has 0 saturated heterocycles. The summed E-state index contributed by atoms with van der Waals surface area (Å²) < 4.78 is 43.8. The minimum Gasteiger partial charge on any atom is -0.512 e. The van der Waals surface area contributed by atoms with Gasteiger partial charge in [0.25, 0.3) is 14.7 Å². The van der Waals surface area contributed by atoms with Crippen molar-refractivity contribution in [2.75, 3.05) is 0 Å². The van der Waals surface area contributed by atoms with E-state index < -0.39 is 31.0 Å². The average molecular weight is 643 g/mol. The van der Waals surface area contributed by atoms with Crippen molar-refractivity contribution in [1.82, 2.24) is 0 Å². The molecule has 0 bridgehead atoms. The van der Waals surface area contributed by atoms with E-state index in [2.05, 4.69) is 0 Å². The van der Waals surface area contributed by atoms with Gasteiger partial charge in [-0.25, -0.2) is 0 Å². The maximum atomic E-state index is 15.5. The van der Waals surface area contributed by atoms with Crippen LogP contribution in [0.3, 0.4) is 0 Å². The van der Waals surface area contributed by atoms with Gasteiger partial charge < -0.3 is 19.3 Å². The smallest absolute Gasteiger partial charge is 0.295 e. The lowest BCUT2D eigenvalue weighted by molar-refractivity contribution is 0.377. The summed E-state index contributed by atoms with van der Waals surface area (Å²) in [5.74, 6) is 0.161. The Hall–Kier alpha value is -4.76. The number of allylic oxidation sites excluding steroid dienone is 6. The summed E-state index contributed by atoms with van der Waals surface area (Å²) in [5, 5.41) is 21.7. The van der Waals surface area contributed by atoms with Crippen molar-refractivity contribution in [3.63, 3.8) is 0 Å². The Labute approximate surface area is 266 Å². The third-order valence-corrected chi connectivity index (χ3v) is 15.9. The van der Waals surface area contributed by atoms with Crippen molar-refractivity contribution in [3.8, 4) is 33.8 Å². The molecule has 9 rings (SSSR count). The first kappa shape index (κ1) is 27.5. The molecule has 5 atom stereocenters. The fraction of sp³-hybridized carbons (Fsp3) is 0.105. The van der Waals surface area contributed by atoms with E-state index in [1.165, 1.54) is 0 Å². The van der Waals surface area contributed by atoms with Gasteiger partial charge in [-0.1, -0.05) is 97.1 Å². The summed E-state index contributed by atoms with van der Waals surface area (Å²) in [6, 6.07) is 30.0. The number of aliphatic hydroxyl groups is 2. The largest absolute Gasteiger partial charge is 0.512 e. The molecule has 4 aromatic rings. The highest BCUT2D eigenvalue weighted by atomic mass is 31.2. The number of hydrogen-bond acceptors (Lipinski definition) is 6. The zero-order valence-corrected chi connectivity index (χ0v) is 26.5. The number of fused-ring (bicyclic) bond motifs is 6. The highest BCUT2D eigenvalue weighted by Crippen LogP contribution is 2.72. The van der Waals surface area contributed by atoms with Gasteiger partial charge in [-0.15, -0.1) is 0 Å². The quantitative estimate of drug-likeness (QED) is 0.168. The molecule has 226 valence electrons. The van der Waals surface area contributed by atoms with Crippen molar-refractivity contribution < 1.29 is 28.4 Å². The second-order valence-electron chi connectivity index (χ2n) is 12.5. The molecule has 4 aromatic carbocycles. The van der Waals surface area contributed by atoms with Gasteiger partial charge in [-0.05, 0) is 60.0 Å². The third-order valence-electron chi connectivity index (χ3n) is 9.94. The lowest BCUT2D eigenvalue weighted by Crippen LogP contribution is -2.35. The summed E-state index contributed by atoms with van der Waals surface area (Å²) in [7, 11) is -7.58. The van der Waals surface area contributed by atoms with E-state index in [4.69, 9.17) is 9.05 Å². The first-order chi connectivity index (χ1) is 22.2. The number of rotatable bonds is 2. The molecule has 5 aliphatic rings. The molecule has 0 saturated carbocycles. The summed E-state index contributed by atoms with van der Waals surface area (Å²) in [4.78, 5) is 0. The third kappa shape index (κ3) is 3.33. The van der Waals surface area contributed by atoms with E-state index in [9.17, 15) is 10.2 Å². The van der Waals surface area contributed by atoms with Gasteiger partial charge in [0.15, 0.2) is 0 Å². The van der Waals surface area contributed by atoms with Crippen LogP contribution in [0.15, 0.2) is 156 Å². The van der Waals surface area contributed by atoms with Gasteiger partial charge >= 0.3 is 0 Å². The highest BCUT2D eigenvalue weighted by Gasteiger charge is 2.63. The number of para-hydroxylation sites is 2. The topological polar surface area (TPSA) is 93.1 Å². The maximum Gasteiger partial charge on any atom is 0.295 e. The molecule has 0 radical (unpaired) electrons. The molecule has 0 spiro atoms. The van der Waals surface area contributed by atoms with Gasteiger partial charge in [0.05, 0.1) is 21.7 Å². The Morgan fingerprint density at radius 3 is 1.80 bits per heavy atom. The first-order valence-electron chi connectivity index (χ1n) is 15.1. The van der Waals surface area contributed by atoms with Crippen molar-refractivity contribution in [3.05, 3.63) is 156 Å². The number of benzene rings is 4. The molecular weight excluding hydrogens is 614 g/mol. The van der Waals surface area contributed by atoms with Gasteiger partial charge in [-0.3, -0.25) is 9.13 Å². The summed E-state index contributed by atoms with van der Waals surface area (Å²) in [6.07, 6.45) is 10.2. The Balaban J connectivity index is 1.23. The van der Waals surface area contributed by atoms with Crippen LogP contribution in [0.1, 0.15) is 6.92 Å². The van der Waals surface area contributed by atoms with Gasteiger partial charge in [0, 0.05) is 16.7 Å². The minimum atomic E-state index is -3.90. The predicted molar refractivity (Wildman–Crippen MR) is 181 cm³/mol. The van der Waals surface area contributed by atoms with Crippen molar-refractivity contribution >= 4 is 25.3 Å². The highest BCUT2D eigenvalue weighted by molar-refractivity contribution is 7.70. The second kappa shape index (κ2) is 9.16. The number of hydrogen-bond donors (Lipinski definition) is 2. The normalized spacial score (nSPS) is 31.1. The van der Waals surface area contributed by atoms with Crippen molar-refractivity contribution in [2.45, 2.75) is 17.2 Å². The van der Waals surface area contributed by atoms with Crippen LogP contribution in [0.4, 0.5) is 0 Å². The molecule has 3 aliphatic carbocycles. The monoisotopic (exact) mass is 642 g/mol. The molecule has 5 unspecified atom stereocenters. The van der Waals surface area contributed by atoms with Crippen molar-refractivity contribution in [1.29, 1.82) is 0 Å². The molecule has 8 heteroatoms. The maximum absolute atomic E-state index is 15.5. The molecule has 2 heterocycles. The molecule has 0 fully saturated rings. The van der Waals surface area contributed by atoms with Gasteiger partial charge in [0.2, 0.25) is 0 Å². The van der Waals surface area contributed by atoms with E-state index in [1.54, 1.807) is 42.5 Å². The van der Waals surface area contributed by atoms with Crippen LogP contribution in [-0.4, -0.2) is 20.5 Å². The molecule has 0 aromatic heterocycles. The second-order valence-corrected chi connectivity index (χ2v) is 17.7. The predicted octanol–water partition coefficient (Wildman–Crippen LogP) is 8.76. The van der Waals surface area contributed by atoms with E-state index in [1.807, 2.05) is 97.9 Å². The van der Waals surface area contributed by atoms with Crippen LogP contribution in [-0.2, 0) is 9.13 Å². The number of aliphatic hydroxyl groups excluding tert-OH is 2.